The maximum Gasteiger partial charge on any atom is 0.123 e. The summed E-state index contributed by atoms with van der Waals surface area (Å²) < 4.78 is 3.31. The largest absolute Gasteiger partial charge is 0.327 e. The number of fused-ring (bicyclic) bond motifs is 1. The minimum absolute atomic E-state index is 0.498. The summed E-state index contributed by atoms with van der Waals surface area (Å²) in [6.07, 6.45) is 3.67. The molecule has 1 aromatic heterocycles. The van der Waals surface area contributed by atoms with Crippen LogP contribution in [0.4, 0.5) is 0 Å². The summed E-state index contributed by atoms with van der Waals surface area (Å²) in [7, 11) is 0. The Morgan fingerprint density at radius 3 is 2.88 bits per heavy atom. The average molecular weight is 296 g/mol. The second-order valence-corrected chi connectivity index (χ2v) is 5.14. The molecule has 4 heteroatoms. The van der Waals surface area contributed by atoms with Crippen molar-refractivity contribution in [1.29, 1.82) is 0 Å². The minimum atomic E-state index is 0.498. The molecule has 0 spiro atoms. The molecule has 0 aliphatic carbocycles. The lowest BCUT2D eigenvalue weighted by Crippen LogP contribution is -2.08. The molecule has 0 saturated heterocycles. The molecule has 92 valence electrons. The van der Waals surface area contributed by atoms with Gasteiger partial charge in [0.15, 0.2) is 0 Å². The van der Waals surface area contributed by atoms with Crippen molar-refractivity contribution in [2.24, 2.45) is 5.73 Å². The predicted octanol–water partition coefficient (Wildman–Crippen LogP) is 3.45. The molecule has 0 aliphatic rings. The van der Waals surface area contributed by atoms with Gasteiger partial charge in [0.1, 0.15) is 5.82 Å². The normalized spacial score (nSPS) is 11.2. The van der Waals surface area contributed by atoms with Crippen LogP contribution < -0.4 is 5.73 Å². The number of rotatable bonds is 5. The fourth-order valence-corrected chi connectivity index (χ4v) is 2.43. The third-order valence-electron chi connectivity index (χ3n) is 2.96. The van der Waals surface area contributed by atoms with Crippen LogP contribution in [0.15, 0.2) is 22.7 Å². The Hall–Kier alpha value is -0.870. The van der Waals surface area contributed by atoms with Crippen LogP contribution in [0.25, 0.3) is 11.0 Å². The zero-order valence-electron chi connectivity index (χ0n) is 10.1. The molecule has 2 rings (SSSR count). The summed E-state index contributed by atoms with van der Waals surface area (Å²) in [5.41, 5.74) is 7.97. The van der Waals surface area contributed by atoms with E-state index < -0.39 is 0 Å². The van der Waals surface area contributed by atoms with E-state index in [4.69, 9.17) is 5.73 Å². The van der Waals surface area contributed by atoms with Gasteiger partial charge in [-0.3, -0.25) is 0 Å². The first-order chi connectivity index (χ1) is 8.26. The number of nitrogens with two attached hydrogens (primary N) is 1. The fraction of sp³-hybridized carbons (Fsp3) is 0.462. The first kappa shape index (κ1) is 12.6. The molecular weight excluding hydrogens is 278 g/mol. The Labute approximate surface area is 110 Å². The van der Waals surface area contributed by atoms with E-state index in [0.717, 1.165) is 22.4 Å². The lowest BCUT2D eigenvalue weighted by molar-refractivity contribution is 0.592. The monoisotopic (exact) mass is 295 g/mol. The molecule has 0 aliphatic heterocycles. The Bertz CT molecular complexity index is 505. The van der Waals surface area contributed by atoms with Crippen molar-refractivity contribution in [3.8, 4) is 0 Å². The molecule has 2 N–H and O–H groups in total. The molecule has 1 heterocycles. The quantitative estimate of drug-likeness (QED) is 0.859. The van der Waals surface area contributed by atoms with Crippen LogP contribution in [-0.2, 0) is 13.1 Å². The van der Waals surface area contributed by atoms with Crippen LogP contribution in [-0.4, -0.2) is 9.55 Å². The zero-order chi connectivity index (χ0) is 12.3. The average Bonchev–Trinajstić information content (AvgIpc) is 2.67. The van der Waals surface area contributed by atoms with Gasteiger partial charge in [-0.1, -0.05) is 35.7 Å². The maximum absolute atomic E-state index is 5.76. The van der Waals surface area contributed by atoms with Crippen LogP contribution >= 0.6 is 15.9 Å². The number of halogens is 1. The van der Waals surface area contributed by atoms with E-state index in [2.05, 4.69) is 44.5 Å². The smallest absolute Gasteiger partial charge is 0.123 e. The third kappa shape index (κ3) is 2.69. The van der Waals surface area contributed by atoms with Gasteiger partial charge in [0.25, 0.3) is 0 Å². The molecule has 2 aromatic rings. The number of nitrogens with zero attached hydrogens (tertiary/aromatic N) is 2. The molecule has 17 heavy (non-hydrogen) atoms. The molecule has 0 bridgehead atoms. The van der Waals surface area contributed by atoms with Crippen molar-refractivity contribution >= 4 is 27.0 Å². The summed E-state index contributed by atoms with van der Waals surface area (Å²) >= 11 is 3.47. The third-order valence-corrected chi connectivity index (χ3v) is 3.45. The molecular formula is C13H18BrN3. The number of benzene rings is 1. The summed E-state index contributed by atoms with van der Waals surface area (Å²) in [4.78, 5) is 4.58. The van der Waals surface area contributed by atoms with Crippen LogP contribution in [0.3, 0.4) is 0 Å². The van der Waals surface area contributed by atoms with E-state index in [0.29, 0.717) is 6.54 Å². The molecule has 3 nitrogen and oxygen atoms in total. The van der Waals surface area contributed by atoms with Gasteiger partial charge < -0.3 is 10.3 Å². The van der Waals surface area contributed by atoms with E-state index in [1.165, 1.54) is 24.8 Å². The molecule has 0 atom stereocenters. The number of aromatic nitrogens is 2. The van der Waals surface area contributed by atoms with Crippen LogP contribution in [0.5, 0.6) is 0 Å². The first-order valence-electron chi connectivity index (χ1n) is 6.11. The topological polar surface area (TPSA) is 43.8 Å². The molecule has 0 fully saturated rings. The van der Waals surface area contributed by atoms with Crippen molar-refractivity contribution in [3.05, 3.63) is 28.5 Å². The molecule has 1 aromatic carbocycles. The number of hydrogen-bond acceptors (Lipinski definition) is 2. The van der Waals surface area contributed by atoms with Gasteiger partial charge in [-0.15, -0.1) is 0 Å². The highest BCUT2D eigenvalue weighted by molar-refractivity contribution is 9.10. The van der Waals surface area contributed by atoms with Gasteiger partial charge in [0, 0.05) is 11.0 Å². The van der Waals surface area contributed by atoms with Crippen molar-refractivity contribution in [3.63, 3.8) is 0 Å². The Kier molecular flexibility index (Phi) is 4.18. The second-order valence-electron chi connectivity index (χ2n) is 4.22. The number of aryl methyl sites for hydroxylation is 1. The van der Waals surface area contributed by atoms with Gasteiger partial charge in [-0.2, -0.15) is 0 Å². The van der Waals surface area contributed by atoms with E-state index in [9.17, 15) is 0 Å². The fourth-order valence-electron chi connectivity index (χ4n) is 2.08. The lowest BCUT2D eigenvalue weighted by Gasteiger charge is -2.07. The predicted molar refractivity (Wildman–Crippen MR) is 74.8 cm³/mol. The zero-order valence-corrected chi connectivity index (χ0v) is 11.7. The Balaban J connectivity index is 2.36. The van der Waals surface area contributed by atoms with Crippen LogP contribution in [0.1, 0.15) is 32.0 Å². The van der Waals surface area contributed by atoms with E-state index in [1.807, 2.05) is 6.07 Å². The van der Waals surface area contributed by atoms with Crippen molar-refractivity contribution < 1.29 is 0 Å². The highest BCUT2D eigenvalue weighted by Crippen LogP contribution is 2.21. The van der Waals surface area contributed by atoms with Crippen LogP contribution in [0.2, 0.25) is 0 Å². The number of imidazole rings is 1. The number of hydrogen-bond donors (Lipinski definition) is 1. The molecule has 0 amide bonds. The first-order valence-corrected chi connectivity index (χ1v) is 6.90. The van der Waals surface area contributed by atoms with E-state index >= 15 is 0 Å². The van der Waals surface area contributed by atoms with E-state index in [-0.39, 0.29) is 0 Å². The Morgan fingerprint density at radius 2 is 2.18 bits per heavy atom. The van der Waals surface area contributed by atoms with Crippen molar-refractivity contribution in [2.45, 2.75) is 39.3 Å². The second kappa shape index (κ2) is 5.65. The van der Waals surface area contributed by atoms with Gasteiger partial charge in [-0.05, 0) is 24.6 Å². The maximum atomic E-state index is 5.76. The lowest BCUT2D eigenvalue weighted by atomic mass is 10.2. The van der Waals surface area contributed by atoms with Crippen molar-refractivity contribution in [2.75, 3.05) is 0 Å². The highest BCUT2D eigenvalue weighted by atomic mass is 79.9. The standard InChI is InChI=1S/C13H18BrN3/c1-2-3-4-7-17-12-6-5-10(14)8-11(12)16-13(17)9-15/h5-6,8H,2-4,7,9,15H2,1H3. The Morgan fingerprint density at radius 1 is 1.35 bits per heavy atom. The molecule has 0 radical (unpaired) electrons. The minimum Gasteiger partial charge on any atom is -0.327 e. The SMILES string of the molecule is CCCCCn1c(CN)nc2cc(Br)ccc21. The van der Waals surface area contributed by atoms with Gasteiger partial charge >= 0.3 is 0 Å². The molecule has 0 unspecified atom stereocenters. The summed E-state index contributed by atoms with van der Waals surface area (Å²) in [5.74, 6) is 0.981. The summed E-state index contributed by atoms with van der Waals surface area (Å²) in [6.45, 7) is 3.73. The van der Waals surface area contributed by atoms with Gasteiger partial charge in [0.2, 0.25) is 0 Å². The van der Waals surface area contributed by atoms with Gasteiger partial charge in [0.05, 0.1) is 17.6 Å². The molecule has 0 saturated carbocycles. The van der Waals surface area contributed by atoms with E-state index in [1.54, 1.807) is 0 Å². The summed E-state index contributed by atoms with van der Waals surface area (Å²) in [5, 5.41) is 0. The van der Waals surface area contributed by atoms with Crippen LogP contribution in [0, 0.1) is 0 Å². The summed E-state index contributed by atoms with van der Waals surface area (Å²) in [6, 6.07) is 6.21. The van der Waals surface area contributed by atoms with Gasteiger partial charge in [-0.25, -0.2) is 4.98 Å². The number of unbranched alkanes of at least 4 members (excludes halogenated alkanes) is 2. The highest BCUT2D eigenvalue weighted by Gasteiger charge is 2.09. The van der Waals surface area contributed by atoms with Crippen molar-refractivity contribution in [1.82, 2.24) is 9.55 Å².